The first-order chi connectivity index (χ1) is 13.9. The van der Waals surface area contributed by atoms with Gasteiger partial charge < -0.3 is 14.9 Å². The summed E-state index contributed by atoms with van der Waals surface area (Å²) in [5.41, 5.74) is 3.70. The molecule has 0 radical (unpaired) electrons. The third-order valence-corrected chi connectivity index (χ3v) is 7.82. The molecule has 3 fully saturated rings. The van der Waals surface area contributed by atoms with Crippen molar-refractivity contribution in [1.82, 2.24) is 0 Å². The summed E-state index contributed by atoms with van der Waals surface area (Å²) >= 11 is 0. The normalized spacial score (nSPS) is 39.4. The first-order valence-corrected chi connectivity index (χ1v) is 11.5. The van der Waals surface area contributed by atoms with Crippen LogP contribution in [-0.4, -0.2) is 35.6 Å². The van der Waals surface area contributed by atoms with Crippen LogP contribution in [0.25, 0.3) is 0 Å². The summed E-state index contributed by atoms with van der Waals surface area (Å²) in [4.78, 5) is 0. The maximum Gasteiger partial charge on any atom is 0.0811 e. The predicted octanol–water partition coefficient (Wildman–Crippen LogP) is 5.36. The third kappa shape index (κ3) is 4.95. The van der Waals surface area contributed by atoms with Crippen molar-refractivity contribution in [3.8, 4) is 0 Å². The van der Waals surface area contributed by atoms with Gasteiger partial charge in [0.1, 0.15) is 0 Å². The van der Waals surface area contributed by atoms with E-state index in [-0.39, 0.29) is 0 Å². The Kier molecular flexibility index (Phi) is 7.58. The molecule has 0 spiro atoms. The van der Waals surface area contributed by atoms with Crippen LogP contribution in [0.4, 0.5) is 0 Å². The molecule has 0 aromatic rings. The number of rotatable bonds is 6. The van der Waals surface area contributed by atoms with E-state index in [0.717, 1.165) is 17.8 Å². The minimum absolute atomic E-state index is 0.356. The van der Waals surface area contributed by atoms with Crippen LogP contribution >= 0.6 is 0 Å². The molecule has 0 aromatic heterocycles. The van der Waals surface area contributed by atoms with E-state index in [9.17, 15) is 10.2 Å². The van der Waals surface area contributed by atoms with Gasteiger partial charge in [0.2, 0.25) is 0 Å². The van der Waals surface area contributed by atoms with E-state index >= 15 is 0 Å². The number of ether oxygens (including phenoxy) is 1. The van der Waals surface area contributed by atoms with E-state index < -0.39 is 12.2 Å². The van der Waals surface area contributed by atoms with E-state index in [1.807, 2.05) is 13.0 Å². The molecule has 29 heavy (non-hydrogen) atoms. The van der Waals surface area contributed by atoms with Crippen molar-refractivity contribution >= 4 is 0 Å². The van der Waals surface area contributed by atoms with Gasteiger partial charge in [-0.05, 0) is 79.8 Å². The largest absolute Gasteiger partial charge is 0.393 e. The van der Waals surface area contributed by atoms with Crippen molar-refractivity contribution in [1.29, 1.82) is 0 Å². The minimum atomic E-state index is -0.612. The molecule has 0 aromatic carbocycles. The second-order valence-electron chi connectivity index (χ2n) is 9.75. The fourth-order valence-electron chi connectivity index (χ4n) is 6.21. The summed E-state index contributed by atoms with van der Waals surface area (Å²) in [6.07, 6.45) is 14.8. The van der Waals surface area contributed by atoms with Gasteiger partial charge >= 0.3 is 0 Å². The Labute approximate surface area is 177 Å². The molecule has 162 valence electrons. The van der Waals surface area contributed by atoms with Crippen molar-refractivity contribution in [2.75, 3.05) is 13.2 Å². The molecule has 3 aliphatic carbocycles. The zero-order chi connectivity index (χ0) is 21.0. The highest BCUT2D eigenvalue weighted by atomic mass is 16.5. The molecule has 3 heteroatoms. The Morgan fingerprint density at radius 1 is 1.28 bits per heavy atom. The highest BCUT2D eigenvalue weighted by Crippen LogP contribution is 2.59. The number of aliphatic hydroxyl groups is 2. The molecule has 3 saturated carbocycles. The first kappa shape index (κ1) is 22.5. The fraction of sp³-hybridized carbons (Fsp3) is 0.692. The molecule has 3 aliphatic rings. The van der Waals surface area contributed by atoms with Crippen molar-refractivity contribution in [2.24, 2.45) is 23.2 Å². The topological polar surface area (TPSA) is 49.7 Å². The lowest BCUT2D eigenvalue weighted by atomic mass is 9.61. The maximum absolute atomic E-state index is 10.1. The quantitative estimate of drug-likeness (QED) is 0.466. The molecule has 3 rings (SSSR count). The summed E-state index contributed by atoms with van der Waals surface area (Å²) in [6.45, 7) is 12.5. The highest BCUT2D eigenvalue weighted by molar-refractivity contribution is 5.38. The highest BCUT2D eigenvalue weighted by Gasteiger charge is 2.50. The Morgan fingerprint density at radius 2 is 2.07 bits per heavy atom. The van der Waals surface area contributed by atoms with Crippen molar-refractivity contribution in [2.45, 2.75) is 77.9 Å². The fourth-order valence-corrected chi connectivity index (χ4v) is 6.21. The number of allylic oxidation sites excluding steroid dienone is 4. The molecule has 2 N–H and O–H groups in total. The molecule has 0 saturated heterocycles. The van der Waals surface area contributed by atoms with Crippen LogP contribution in [-0.2, 0) is 4.74 Å². The van der Waals surface area contributed by atoms with E-state index in [2.05, 4.69) is 38.7 Å². The average Bonchev–Trinajstić information content (AvgIpc) is 3.04. The molecule has 6 atom stereocenters. The van der Waals surface area contributed by atoms with Crippen LogP contribution in [0.1, 0.15) is 65.7 Å². The number of hydrogen-bond acceptors (Lipinski definition) is 3. The van der Waals surface area contributed by atoms with Crippen LogP contribution in [0.5, 0.6) is 0 Å². The lowest BCUT2D eigenvalue weighted by Gasteiger charge is -2.44. The van der Waals surface area contributed by atoms with Gasteiger partial charge in [-0.15, -0.1) is 0 Å². The van der Waals surface area contributed by atoms with Gasteiger partial charge in [-0.3, -0.25) is 0 Å². The summed E-state index contributed by atoms with van der Waals surface area (Å²) in [7, 11) is 0. The Balaban J connectivity index is 1.71. The second kappa shape index (κ2) is 9.76. The molecular weight excluding hydrogens is 360 g/mol. The summed E-state index contributed by atoms with van der Waals surface area (Å²) in [6, 6.07) is 0. The zero-order valence-electron chi connectivity index (χ0n) is 18.6. The van der Waals surface area contributed by atoms with Gasteiger partial charge in [-0.2, -0.15) is 0 Å². The lowest BCUT2D eigenvalue weighted by molar-refractivity contribution is 0.0430. The molecule has 0 aliphatic heterocycles. The maximum atomic E-state index is 10.1. The van der Waals surface area contributed by atoms with Crippen LogP contribution in [0, 0.1) is 23.2 Å². The molecule has 0 heterocycles. The average molecular weight is 401 g/mol. The van der Waals surface area contributed by atoms with E-state index in [1.165, 1.54) is 32.1 Å². The SMILES string of the molecule is C=C1C(=CC=C2CCC[C@]3(C)[C@@H]([C@H](C)COCC=CC)CC[C@@H]23)C[C@@H](O)C[C@@H]1O. The lowest BCUT2D eigenvalue weighted by Crippen LogP contribution is -2.37. The van der Waals surface area contributed by atoms with Crippen molar-refractivity contribution in [3.05, 3.63) is 47.6 Å². The number of hydrogen-bond donors (Lipinski definition) is 2. The third-order valence-electron chi connectivity index (χ3n) is 7.82. The molecular formula is C26H40O3. The smallest absolute Gasteiger partial charge is 0.0811 e. The zero-order valence-corrected chi connectivity index (χ0v) is 18.6. The molecule has 3 nitrogen and oxygen atoms in total. The Hall–Kier alpha value is -1.16. The predicted molar refractivity (Wildman–Crippen MR) is 120 cm³/mol. The van der Waals surface area contributed by atoms with Gasteiger partial charge in [-0.25, -0.2) is 0 Å². The molecule has 0 amide bonds. The number of aliphatic hydroxyl groups excluding tert-OH is 2. The second-order valence-corrected chi connectivity index (χ2v) is 9.75. The minimum Gasteiger partial charge on any atom is -0.393 e. The monoisotopic (exact) mass is 400 g/mol. The Bertz CT molecular complexity index is 673. The van der Waals surface area contributed by atoms with Gasteiger partial charge in [0.15, 0.2) is 0 Å². The Morgan fingerprint density at radius 3 is 2.83 bits per heavy atom. The summed E-state index contributed by atoms with van der Waals surface area (Å²) in [5.74, 6) is 1.93. The number of fused-ring (bicyclic) bond motifs is 1. The van der Waals surface area contributed by atoms with E-state index in [1.54, 1.807) is 5.57 Å². The van der Waals surface area contributed by atoms with Crippen molar-refractivity contribution in [3.63, 3.8) is 0 Å². The van der Waals surface area contributed by atoms with E-state index in [0.29, 0.717) is 42.6 Å². The molecule has 0 bridgehead atoms. The standard InChI is InChI=1S/C26H40O3/c1-5-6-14-29-17-18(2)23-11-12-24-20(8-7-13-26(23,24)4)9-10-21-15-22(27)16-25(28)19(21)3/h5-6,9-10,18,22-25,27-28H,3,7-8,11-17H2,1-2,4H3/t18-,22-,23-,24+,25+,26-/m1/s1. The molecule has 0 unspecified atom stereocenters. The van der Waals surface area contributed by atoms with Gasteiger partial charge in [0.05, 0.1) is 18.8 Å². The van der Waals surface area contributed by atoms with Gasteiger partial charge in [-0.1, -0.05) is 50.3 Å². The van der Waals surface area contributed by atoms with Crippen LogP contribution in [0.15, 0.2) is 47.6 Å². The van der Waals surface area contributed by atoms with Crippen LogP contribution in [0.2, 0.25) is 0 Å². The van der Waals surface area contributed by atoms with Crippen LogP contribution < -0.4 is 0 Å². The van der Waals surface area contributed by atoms with Gasteiger partial charge in [0.25, 0.3) is 0 Å². The van der Waals surface area contributed by atoms with E-state index in [4.69, 9.17) is 4.74 Å². The first-order valence-electron chi connectivity index (χ1n) is 11.5. The van der Waals surface area contributed by atoms with Crippen LogP contribution in [0.3, 0.4) is 0 Å². The summed E-state index contributed by atoms with van der Waals surface area (Å²) < 4.78 is 5.89. The summed E-state index contributed by atoms with van der Waals surface area (Å²) in [5, 5.41) is 20.1. The van der Waals surface area contributed by atoms with Gasteiger partial charge in [0, 0.05) is 13.0 Å². The van der Waals surface area contributed by atoms with Crippen molar-refractivity contribution < 1.29 is 14.9 Å².